The predicted octanol–water partition coefficient (Wildman–Crippen LogP) is 3.34. The summed E-state index contributed by atoms with van der Waals surface area (Å²) in [5, 5.41) is 0. The molecule has 0 bridgehead atoms. The first-order chi connectivity index (χ1) is 10.8. The van der Waals surface area contributed by atoms with Crippen LogP contribution in [-0.4, -0.2) is 45.8 Å². The summed E-state index contributed by atoms with van der Waals surface area (Å²) in [5.41, 5.74) is 0.411. The molecule has 1 fully saturated rings. The van der Waals surface area contributed by atoms with E-state index in [-0.39, 0.29) is 12.1 Å². The molecule has 1 saturated heterocycles. The van der Waals surface area contributed by atoms with Crippen LogP contribution in [-0.2, 0) is 4.74 Å². The second-order valence-corrected chi connectivity index (χ2v) is 6.94. The summed E-state index contributed by atoms with van der Waals surface area (Å²) in [6.45, 7) is 8.82. The molecule has 1 amide bonds. The molecule has 128 valence electrons. The summed E-state index contributed by atoms with van der Waals surface area (Å²) in [6, 6.07) is 2.38. The van der Waals surface area contributed by atoms with Gasteiger partial charge >= 0.3 is 12.1 Å². The number of carbonyl (C=O) groups is 1. The van der Waals surface area contributed by atoms with Crippen molar-refractivity contribution < 1.29 is 14.3 Å². The van der Waals surface area contributed by atoms with E-state index in [1.54, 1.807) is 6.20 Å². The monoisotopic (exact) mass is 321 g/mol. The lowest BCUT2D eigenvalue weighted by molar-refractivity contribution is 0.00732. The van der Waals surface area contributed by atoms with E-state index in [9.17, 15) is 4.79 Å². The molecular weight excluding hydrogens is 294 g/mol. The van der Waals surface area contributed by atoms with Crippen LogP contribution in [0.5, 0.6) is 6.01 Å². The third-order valence-corrected chi connectivity index (χ3v) is 3.71. The molecule has 0 N–H and O–H groups in total. The molecular formula is C17H27N3O3. The van der Waals surface area contributed by atoms with Gasteiger partial charge in [0.2, 0.25) is 0 Å². The van der Waals surface area contributed by atoms with E-state index < -0.39 is 5.60 Å². The minimum Gasteiger partial charge on any atom is -0.463 e. The molecule has 2 rings (SSSR count). The molecule has 6 heteroatoms. The molecule has 0 saturated carbocycles. The summed E-state index contributed by atoms with van der Waals surface area (Å²) in [7, 11) is 0. The third kappa shape index (κ3) is 5.69. The number of likely N-dealkylation sites (tertiary alicyclic amines) is 1. The van der Waals surface area contributed by atoms with Crippen molar-refractivity contribution in [1.82, 2.24) is 14.9 Å². The lowest BCUT2D eigenvalue weighted by Crippen LogP contribution is -2.46. The van der Waals surface area contributed by atoms with Crippen molar-refractivity contribution >= 4 is 6.09 Å². The molecule has 0 spiro atoms. The smallest absolute Gasteiger partial charge is 0.410 e. The zero-order valence-electron chi connectivity index (χ0n) is 14.5. The van der Waals surface area contributed by atoms with Crippen LogP contribution in [0.15, 0.2) is 12.3 Å². The van der Waals surface area contributed by atoms with E-state index in [0.717, 1.165) is 37.9 Å². The van der Waals surface area contributed by atoms with Gasteiger partial charge in [-0.2, -0.15) is 0 Å². The molecule has 0 unspecified atom stereocenters. The molecule has 2 heterocycles. The molecule has 23 heavy (non-hydrogen) atoms. The number of hydrogen-bond donors (Lipinski definition) is 0. The number of hydrogen-bond acceptors (Lipinski definition) is 5. The number of aryl methyl sites for hydroxylation is 1. The predicted molar refractivity (Wildman–Crippen MR) is 87.5 cm³/mol. The average Bonchev–Trinajstić information content (AvgIpc) is 2.46. The van der Waals surface area contributed by atoms with Crippen molar-refractivity contribution in [2.24, 2.45) is 0 Å². The van der Waals surface area contributed by atoms with E-state index in [1.807, 2.05) is 38.7 Å². The maximum absolute atomic E-state index is 12.3. The van der Waals surface area contributed by atoms with Gasteiger partial charge < -0.3 is 14.4 Å². The molecule has 1 aromatic heterocycles. The Labute approximate surface area is 138 Å². The number of rotatable bonds is 4. The second-order valence-electron chi connectivity index (χ2n) is 6.94. The van der Waals surface area contributed by atoms with Gasteiger partial charge in [-0.15, -0.1) is 0 Å². The number of amides is 1. The van der Waals surface area contributed by atoms with Crippen molar-refractivity contribution in [3.8, 4) is 6.01 Å². The lowest BCUT2D eigenvalue weighted by Gasteiger charge is -2.36. The number of aromatic nitrogens is 2. The maximum atomic E-state index is 12.3. The first kappa shape index (κ1) is 17.5. The minimum absolute atomic E-state index is 0.156. The van der Waals surface area contributed by atoms with Crippen LogP contribution in [0.2, 0.25) is 0 Å². The van der Waals surface area contributed by atoms with Gasteiger partial charge in [-0.05, 0) is 53.0 Å². The van der Waals surface area contributed by atoms with Crippen LogP contribution < -0.4 is 4.74 Å². The Kier molecular flexibility index (Phi) is 5.80. The van der Waals surface area contributed by atoms with Crippen molar-refractivity contribution in [3.63, 3.8) is 0 Å². The van der Waals surface area contributed by atoms with Gasteiger partial charge in [0.25, 0.3) is 0 Å². The summed E-state index contributed by atoms with van der Waals surface area (Å²) < 4.78 is 11.1. The number of carbonyl (C=O) groups excluding carboxylic acids is 1. The van der Waals surface area contributed by atoms with Gasteiger partial charge in [0.1, 0.15) is 5.60 Å². The topological polar surface area (TPSA) is 64.5 Å². The summed E-state index contributed by atoms with van der Waals surface area (Å²) >= 11 is 0. The van der Waals surface area contributed by atoms with Crippen LogP contribution in [0.1, 0.15) is 52.1 Å². The lowest BCUT2D eigenvalue weighted by atomic mass is 10.0. The zero-order chi connectivity index (χ0) is 16.9. The van der Waals surface area contributed by atoms with Crippen LogP contribution in [0.4, 0.5) is 4.79 Å². The fourth-order valence-corrected chi connectivity index (χ4v) is 2.64. The molecule has 1 aliphatic heterocycles. The fraction of sp³-hybridized carbons (Fsp3) is 0.706. The average molecular weight is 321 g/mol. The van der Waals surface area contributed by atoms with E-state index in [2.05, 4.69) is 9.97 Å². The molecule has 0 aliphatic carbocycles. The summed E-state index contributed by atoms with van der Waals surface area (Å²) in [4.78, 5) is 22.5. The van der Waals surface area contributed by atoms with Crippen molar-refractivity contribution in [1.29, 1.82) is 0 Å². The third-order valence-electron chi connectivity index (χ3n) is 3.71. The van der Waals surface area contributed by atoms with Crippen LogP contribution in [0.3, 0.4) is 0 Å². The SMILES string of the molecule is Cc1ccnc(OCC[C@H]2CCCCN2C(=O)OC(C)(C)C)n1. The number of nitrogens with zero attached hydrogens (tertiary/aromatic N) is 3. The molecule has 0 aromatic carbocycles. The first-order valence-electron chi connectivity index (χ1n) is 8.27. The van der Waals surface area contributed by atoms with Crippen molar-refractivity contribution in [2.45, 2.75) is 65.0 Å². The van der Waals surface area contributed by atoms with Crippen molar-refractivity contribution in [3.05, 3.63) is 18.0 Å². The Morgan fingerprint density at radius 1 is 1.39 bits per heavy atom. The number of ether oxygens (including phenoxy) is 2. The maximum Gasteiger partial charge on any atom is 0.410 e. The highest BCUT2D eigenvalue weighted by molar-refractivity contribution is 5.68. The zero-order valence-corrected chi connectivity index (χ0v) is 14.5. The van der Waals surface area contributed by atoms with Gasteiger partial charge in [0, 0.05) is 30.9 Å². The van der Waals surface area contributed by atoms with Crippen molar-refractivity contribution in [2.75, 3.05) is 13.2 Å². The first-order valence-corrected chi connectivity index (χ1v) is 8.27. The Morgan fingerprint density at radius 2 is 2.17 bits per heavy atom. The largest absolute Gasteiger partial charge is 0.463 e. The Bertz CT molecular complexity index is 528. The van der Waals surface area contributed by atoms with Gasteiger partial charge in [-0.3, -0.25) is 0 Å². The highest BCUT2D eigenvalue weighted by Gasteiger charge is 2.30. The van der Waals surface area contributed by atoms with E-state index in [4.69, 9.17) is 9.47 Å². The van der Waals surface area contributed by atoms with Gasteiger partial charge in [0.15, 0.2) is 0 Å². The van der Waals surface area contributed by atoms with E-state index >= 15 is 0 Å². The summed E-state index contributed by atoms with van der Waals surface area (Å²) in [5.74, 6) is 0. The Morgan fingerprint density at radius 3 is 2.87 bits per heavy atom. The quantitative estimate of drug-likeness (QED) is 0.851. The standard InChI is InChI=1S/C17H27N3O3/c1-13-8-10-18-15(19-13)22-12-9-14-7-5-6-11-20(14)16(21)23-17(2,3)4/h8,10,14H,5-7,9,11-12H2,1-4H3/t14-/m1/s1. The number of piperidine rings is 1. The Hall–Kier alpha value is -1.85. The normalized spacial score (nSPS) is 18.6. The fourth-order valence-electron chi connectivity index (χ4n) is 2.64. The van der Waals surface area contributed by atoms with Gasteiger partial charge in [-0.25, -0.2) is 14.8 Å². The van der Waals surface area contributed by atoms with Crippen LogP contribution >= 0.6 is 0 Å². The highest BCUT2D eigenvalue weighted by atomic mass is 16.6. The van der Waals surface area contributed by atoms with Crippen LogP contribution in [0.25, 0.3) is 0 Å². The highest BCUT2D eigenvalue weighted by Crippen LogP contribution is 2.22. The van der Waals surface area contributed by atoms with Gasteiger partial charge in [0.05, 0.1) is 6.61 Å². The van der Waals surface area contributed by atoms with E-state index in [1.165, 1.54) is 0 Å². The van der Waals surface area contributed by atoms with Crippen LogP contribution in [0, 0.1) is 6.92 Å². The second kappa shape index (κ2) is 7.62. The molecule has 6 nitrogen and oxygen atoms in total. The molecule has 1 atom stereocenters. The molecule has 0 radical (unpaired) electrons. The molecule has 1 aromatic rings. The van der Waals surface area contributed by atoms with Gasteiger partial charge in [-0.1, -0.05) is 0 Å². The molecule has 1 aliphatic rings. The summed E-state index contributed by atoms with van der Waals surface area (Å²) in [6.07, 6.45) is 5.36. The Balaban J connectivity index is 1.87. The van der Waals surface area contributed by atoms with E-state index in [0.29, 0.717) is 12.6 Å². The minimum atomic E-state index is -0.467.